The number of imidazole rings is 1. The Kier molecular flexibility index (Phi) is 10.1. The maximum Gasteiger partial charge on any atom is 0.408 e. The number of nitrogens with one attached hydrogen (secondary N) is 3. The molecule has 3 amide bonds. The molecule has 1 saturated heterocycles. The van der Waals surface area contributed by atoms with Crippen LogP contribution in [0.15, 0.2) is 73.2 Å². The molecular weight excluding hydrogens is 550 g/mol. The number of ketones is 1. The highest BCUT2D eigenvalue weighted by Gasteiger charge is 2.40. The van der Waals surface area contributed by atoms with Crippen LogP contribution >= 0.6 is 11.8 Å². The number of aliphatic carboxylic acids is 1. The summed E-state index contributed by atoms with van der Waals surface area (Å²) >= 11 is 1.32. The van der Waals surface area contributed by atoms with Gasteiger partial charge in [-0.2, -0.15) is 0 Å². The fourth-order valence-electron chi connectivity index (χ4n) is 4.28. The molecule has 0 spiro atoms. The molecule has 0 saturated carbocycles. The molecule has 41 heavy (non-hydrogen) atoms. The third-order valence-corrected chi connectivity index (χ3v) is 7.39. The first-order chi connectivity index (χ1) is 19.8. The van der Waals surface area contributed by atoms with Crippen LogP contribution in [-0.4, -0.2) is 79.4 Å². The van der Waals surface area contributed by atoms with Crippen molar-refractivity contribution in [2.75, 3.05) is 11.6 Å². The number of Topliss-reactive ketones (excluding diaryl/α,β-unsaturated/α-hetero) is 1. The second kappa shape index (κ2) is 14.1. The van der Waals surface area contributed by atoms with Crippen LogP contribution in [0.2, 0.25) is 0 Å². The first kappa shape index (κ1) is 29.3. The number of carboxylic acids is 1. The van der Waals surface area contributed by atoms with Gasteiger partial charge in [-0.3, -0.25) is 14.4 Å². The number of H-pyrrole nitrogens is 1. The third-order valence-electron chi connectivity index (χ3n) is 6.38. The van der Waals surface area contributed by atoms with Crippen LogP contribution in [-0.2, 0) is 43.4 Å². The van der Waals surface area contributed by atoms with Crippen LogP contribution in [0.4, 0.5) is 4.79 Å². The monoisotopic (exact) mass is 579 g/mol. The van der Waals surface area contributed by atoms with E-state index in [9.17, 15) is 29.1 Å². The maximum absolute atomic E-state index is 13.7. The summed E-state index contributed by atoms with van der Waals surface area (Å²) in [6, 6.07) is 14.4. The summed E-state index contributed by atoms with van der Waals surface area (Å²) in [4.78, 5) is 71.7. The van der Waals surface area contributed by atoms with E-state index in [1.165, 1.54) is 29.2 Å². The van der Waals surface area contributed by atoms with E-state index in [1.54, 1.807) is 42.5 Å². The lowest BCUT2D eigenvalue weighted by Crippen LogP contribution is -2.57. The number of thioether (sulfide) groups is 1. The van der Waals surface area contributed by atoms with Gasteiger partial charge in [0.25, 0.3) is 5.78 Å². The smallest absolute Gasteiger partial charge is 0.408 e. The number of nitrogens with zero attached hydrogens (tertiary/aromatic N) is 2. The zero-order valence-electron chi connectivity index (χ0n) is 21.9. The average molecular weight is 580 g/mol. The molecule has 0 aliphatic carbocycles. The van der Waals surface area contributed by atoms with E-state index >= 15 is 0 Å². The summed E-state index contributed by atoms with van der Waals surface area (Å²) in [6.07, 6.45) is 2.19. The van der Waals surface area contributed by atoms with Crippen LogP contribution in [0.5, 0.6) is 0 Å². The van der Waals surface area contributed by atoms with Gasteiger partial charge in [-0.25, -0.2) is 14.6 Å². The van der Waals surface area contributed by atoms with E-state index in [1.807, 2.05) is 18.2 Å². The van der Waals surface area contributed by atoms with E-state index in [2.05, 4.69) is 20.6 Å². The molecule has 3 aromatic rings. The molecule has 1 aliphatic heterocycles. The predicted molar refractivity (Wildman–Crippen MR) is 149 cm³/mol. The van der Waals surface area contributed by atoms with Crippen LogP contribution in [0.3, 0.4) is 0 Å². The molecule has 1 fully saturated rings. The fraction of sp³-hybridized carbons (Fsp3) is 0.286. The third kappa shape index (κ3) is 8.18. The van der Waals surface area contributed by atoms with Crippen LogP contribution < -0.4 is 10.6 Å². The van der Waals surface area contributed by atoms with Crippen LogP contribution in [0.1, 0.15) is 16.8 Å². The lowest BCUT2D eigenvalue weighted by Gasteiger charge is -2.28. The summed E-state index contributed by atoms with van der Waals surface area (Å²) in [6.45, 7) is 0.00263. The number of aromatic amines is 1. The molecule has 3 atom stereocenters. The SMILES string of the molecule is O=C(N[C@@H](Cc1cnc[nH]1)C(=O)N1CSC[C@H]1C(=O)N[C@@H](Cc1ccccc1)C(=O)C(=O)O)OCc1ccccc1. The van der Waals surface area contributed by atoms with E-state index < -0.39 is 47.8 Å². The second-order valence-corrected chi connectivity index (χ2v) is 10.3. The molecule has 4 rings (SSSR count). The molecule has 2 heterocycles. The molecular formula is C28H29N5O7S. The molecule has 13 heteroatoms. The highest BCUT2D eigenvalue weighted by atomic mass is 32.2. The van der Waals surface area contributed by atoms with E-state index in [0.29, 0.717) is 11.3 Å². The van der Waals surface area contributed by atoms with Crippen molar-refractivity contribution in [1.29, 1.82) is 0 Å². The first-order valence-corrected chi connectivity index (χ1v) is 13.9. The van der Waals surface area contributed by atoms with E-state index in [4.69, 9.17) is 4.74 Å². The molecule has 2 aromatic carbocycles. The number of benzene rings is 2. The average Bonchev–Trinajstić information content (AvgIpc) is 3.68. The Balaban J connectivity index is 1.46. The number of rotatable bonds is 12. The number of hydrogen-bond acceptors (Lipinski definition) is 8. The molecule has 214 valence electrons. The maximum atomic E-state index is 13.7. The largest absolute Gasteiger partial charge is 0.475 e. The van der Waals surface area contributed by atoms with E-state index in [0.717, 1.165) is 5.56 Å². The molecule has 4 N–H and O–H groups in total. The summed E-state index contributed by atoms with van der Waals surface area (Å²) in [5.74, 6) is -3.64. The Morgan fingerprint density at radius 3 is 2.29 bits per heavy atom. The Morgan fingerprint density at radius 2 is 1.66 bits per heavy atom. The summed E-state index contributed by atoms with van der Waals surface area (Å²) in [7, 11) is 0. The Morgan fingerprint density at radius 1 is 0.976 bits per heavy atom. The van der Waals surface area contributed by atoms with Gasteiger partial charge in [0.2, 0.25) is 11.8 Å². The molecule has 0 bridgehead atoms. The highest BCUT2D eigenvalue weighted by Crippen LogP contribution is 2.23. The van der Waals surface area contributed by atoms with Crippen molar-refractivity contribution in [3.63, 3.8) is 0 Å². The number of carbonyl (C=O) groups excluding carboxylic acids is 4. The number of carboxylic acid groups (broad SMARTS) is 1. The number of carbonyl (C=O) groups is 5. The molecule has 12 nitrogen and oxygen atoms in total. The van der Waals surface area contributed by atoms with Gasteiger partial charge in [-0.15, -0.1) is 11.8 Å². The Hall–Kier alpha value is -4.65. The zero-order chi connectivity index (χ0) is 29.2. The highest BCUT2D eigenvalue weighted by molar-refractivity contribution is 7.99. The number of alkyl carbamates (subject to hydrolysis) is 1. The van der Waals surface area contributed by atoms with Crippen molar-refractivity contribution in [3.05, 3.63) is 90.0 Å². The van der Waals surface area contributed by atoms with Crippen molar-refractivity contribution in [3.8, 4) is 0 Å². The van der Waals surface area contributed by atoms with Crippen LogP contribution in [0.25, 0.3) is 0 Å². The molecule has 0 unspecified atom stereocenters. The normalized spacial score (nSPS) is 15.9. The minimum atomic E-state index is -1.67. The zero-order valence-corrected chi connectivity index (χ0v) is 22.7. The molecule has 1 aromatic heterocycles. The van der Waals surface area contributed by atoms with Crippen molar-refractivity contribution < 1.29 is 33.8 Å². The minimum absolute atomic E-state index is 0.00263. The van der Waals surface area contributed by atoms with Crippen molar-refractivity contribution >= 4 is 41.4 Å². The van der Waals surface area contributed by atoms with Gasteiger partial charge in [0, 0.05) is 30.5 Å². The number of aromatic nitrogens is 2. The van der Waals surface area contributed by atoms with Gasteiger partial charge >= 0.3 is 12.1 Å². The van der Waals surface area contributed by atoms with Gasteiger partial charge in [0.15, 0.2) is 0 Å². The van der Waals surface area contributed by atoms with Gasteiger partial charge in [0.05, 0.1) is 12.2 Å². The van der Waals surface area contributed by atoms with Gasteiger partial charge in [0.1, 0.15) is 24.7 Å². The van der Waals surface area contributed by atoms with Gasteiger partial charge < -0.3 is 30.4 Å². The lowest BCUT2D eigenvalue weighted by atomic mass is 10.0. The second-order valence-electron chi connectivity index (χ2n) is 9.28. The molecule has 1 aliphatic rings. The standard InChI is InChI=1S/C28H29N5O7S/c34-24(27(37)38)21(11-18-7-3-1-4-8-18)31-25(35)23-15-41-17-33(23)26(36)22(12-20-13-29-16-30-20)32-28(39)40-14-19-9-5-2-6-10-19/h1-10,13,16,21-23H,11-12,14-15,17H2,(H,29,30)(H,31,35)(H,32,39)(H,37,38)/t21-,22-,23-/m0/s1. The lowest BCUT2D eigenvalue weighted by molar-refractivity contribution is -0.150. The Labute approximate surface area is 239 Å². The van der Waals surface area contributed by atoms with E-state index in [-0.39, 0.29) is 31.1 Å². The topological polar surface area (TPSA) is 171 Å². The predicted octanol–water partition coefficient (Wildman–Crippen LogP) is 1.53. The number of ether oxygens (including phenoxy) is 1. The summed E-state index contributed by atoms with van der Waals surface area (Å²) in [5.41, 5.74) is 2.02. The number of hydrogen-bond donors (Lipinski definition) is 4. The minimum Gasteiger partial charge on any atom is -0.475 e. The summed E-state index contributed by atoms with van der Waals surface area (Å²) < 4.78 is 5.30. The fourth-order valence-corrected chi connectivity index (χ4v) is 5.44. The van der Waals surface area contributed by atoms with Crippen molar-refractivity contribution in [2.24, 2.45) is 0 Å². The number of amides is 3. The van der Waals surface area contributed by atoms with Gasteiger partial charge in [-0.1, -0.05) is 60.7 Å². The Bertz CT molecular complexity index is 1350. The molecule has 0 radical (unpaired) electrons. The van der Waals surface area contributed by atoms with Crippen LogP contribution in [0, 0.1) is 0 Å². The van der Waals surface area contributed by atoms with Gasteiger partial charge in [-0.05, 0) is 11.1 Å². The van der Waals surface area contributed by atoms with Crippen molar-refractivity contribution in [1.82, 2.24) is 25.5 Å². The summed E-state index contributed by atoms with van der Waals surface area (Å²) in [5, 5.41) is 14.4. The quantitative estimate of drug-likeness (QED) is 0.232. The van der Waals surface area contributed by atoms with Crippen molar-refractivity contribution in [2.45, 2.75) is 37.6 Å². The first-order valence-electron chi connectivity index (χ1n) is 12.8.